The molecular weight excluding hydrogens is 506 g/mol. The van der Waals surface area contributed by atoms with Crippen molar-refractivity contribution < 1.29 is 21.5 Å². The fraction of sp³-hybridized carbons (Fsp3) is 0.762. The molecule has 4 heteroatoms. The first-order valence-corrected chi connectivity index (χ1v) is 9.87. The quantitative estimate of drug-likeness (QED) is 0.224. The molecular formula is C21H40Br3N. The normalized spacial score (nSPS) is 9.64. The molecule has 0 aromatic carbocycles. The molecule has 0 fully saturated rings. The zero-order chi connectivity index (χ0) is 15.7. The molecule has 0 atom stereocenters. The maximum atomic E-state index is 2.29. The number of aryl methyl sites for hydroxylation is 1. The molecule has 150 valence electrons. The highest BCUT2D eigenvalue weighted by Gasteiger charge is 1.98. The molecule has 0 amide bonds. The SMILES string of the molecule is Br.Br.CCCCCCCCCCCCCCCC[n+]1ccccc1.[Br-]. The first-order valence-electron chi connectivity index (χ1n) is 9.87. The van der Waals surface area contributed by atoms with Gasteiger partial charge >= 0.3 is 0 Å². The van der Waals surface area contributed by atoms with Crippen LogP contribution in [0.3, 0.4) is 0 Å². The van der Waals surface area contributed by atoms with Gasteiger partial charge in [0, 0.05) is 18.6 Å². The smallest absolute Gasteiger partial charge is 0.168 e. The Hall–Kier alpha value is 0.590. The average Bonchev–Trinajstić information content (AvgIpc) is 2.56. The summed E-state index contributed by atoms with van der Waals surface area (Å²) in [7, 11) is 0. The minimum atomic E-state index is 0. The lowest BCUT2D eigenvalue weighted by molar-refractivity contribution is -0.697. The first kappa shape index (κ1) is 30.3. The van der Waals surface area contributed by atoms with Crippen molar-refractivity contribution in [1.29, 1.82) is 0 Å². The van der Waals surface area contributed by atoms with Crippen molar-refractivity contribution in [2.75, 3.05) is 0 Å². The number of rotatable bonds is 15. The molecule has 1 heterocycles. The predicted octanol–water partition coefficient (Wildman–Crippen LogP) is 4.62. The van der Waals surface area contributed by atoms with Gasteiger partial charge < -0.3 is 17.0 Å². The number of aromatic nitrogens is 1. The van der Waals surface area contributed by atoms with Gasteiger partial charge in [-0.25, -0.2) is 4.57 Å². The molecule has 0 bridgehead atoms. The number of hydrogen-bond donors (Lipinski definition) is 0. The zero-order valence-electron chi connectivity index (χ0n) is 16.1. The third-order valence-corrected chi connectivity index (χ3v) is 4.55. The van der Waals surface area contributed by atoms with Gasteiger partial charge in [0.25, 0.3) is 0 Å². The summed E-state index contributed by atoms with van der Waals surface area (Å²) in [5.74, 6) is 0. The maximum absolute atomic E-state index is 2.29. The predicted molar refractivity (Wildman–Crippen MR) is 118 cm³/mol. The molecule has 1 nitrogen and oxygen atoms in total. The van der Waals surface area contributed by atoms with Gasteiger partial charge in [0.1, 0.15) is 6.54 Å². The monoisotopic (exact) mass is 543 g/mol. The summed E-state index contributed by atoms with van der Waals surface area (Å²) in [6.45, 7) is 3.47. The molecule has 0 unspecified atom stereocenters. The van der Waals surface area contributed by atoms with Crippen LogP contribution in [0.1, 0.15) is 96.8 Å². The Morgan fingerprint density at radius 2 is 0.880 bits per heavy atom. The molecule has 0 aliphatic heterocycles. The van der Waals surface area contributed by atoms with E-state index in [1.807, 2.05) is 0 Å². The Morgan fingerprint density at radius 3 is 1.28 bits per heavy atom. The zero-order valence-corrected chi connectivity index (χ0v) is 21.1. The summed E-state index contributed by atoms with van der Waals surface area (Å²) in [6.07, 6.45) is 24.4. The minimum absolute atomic E-state index is 0. The highest BCUT2D eigenvalue weighted by Crippen LogP contribution is 2.12. The molecule has 0 radical (unpaired) electrons. The van der Waals surface area contributed by atoms with E-state index in [9.17, 15) is 0 Å². The van der Waals surface area contributed by atoms with Crippen LogP contribution in [-0.4, -0.2) is 0 Å². The van der Waals surface area contributed by atoms with E-state index in [4.69, 9.17) is 0 Å². The van der Waals surface area contributed by atoms with Crippen LogP contribution in [0.15, 0.2) is 30.6 Å². The first-order chi connectivity index (χ1) is 10.9. The van der Waals surface area contributed by atoms with Crippen LogP contribution in [0, 0.1) is 0 Å². The number of halogens is 3. The van der Waals surface area contributed by atoms with E-state index in [2.05, 4.69) is 42.1 Å². The van der Waals surface area contributed by atoms with Crippen molar-refractivity contribution in [2.24, 2.45) is 0 Å². The number of pyridine rings is 1. The van der Waals surface area contributed by atoms with E-state index >= 15 is 0 Å². The van der Waals surface area contributed by atoms with Crippen LogP contribution in [-0.2, 0) is 6.54 Å². The Kier molecular flexibility index (Phi) is 29.8. The summed E-state index contributed by atoms with van der Waals surface area (Å²) in [5, 5.41) is 0. The Morgan fingerprint density at radius 1 is 0.520 bits per heavy atom. The summed E-state index contributed by atoms with van der Waals surface area (Å²) in [5.41, 5.74) is 0. The van der Waals surface area contributed by atoms with Gasteiger partial charge in [-0.15, -0.1) is 34.0 Å². The van der Waals surface area contributed by atoms with Crippen LogP contribution in [0.25, 0.3) is 0 Å². The number of hydrogen-bond acceptors (Lipinski definition) is 0. The molecule has 0 N–H and O–H groups in total. The van der Waals surface area contributed by atoms with Gasteiger partial charge in [0.2, 0.25) is 0 Å². The number of nitrogens with zero attached hydrogens (tertiary/aromatic N) is 1. The minimum Gasteiger partial charge on any atom is -1.00 e. The Labute approximate surface area is 188 Å². The van der Waals surface area contributed by atoms with Gasteiger partial charge in [0.15, 0.2) is 12.4 Å². The van der Waals surface area contributed by atoms with Crippen LogP contribution >= 0.6 is 34.0 Å². The fourth-order valence-electron chi connectivity index (χ4n) is 3.07. The fourth-order valence-corrected chi connectivity index (χ4v) is 3.07. The van der Waals surface area contributed by atoms with Crippen molar-refractivity contribution in [3.63, 3.8) is 0 Å². The summed E-state index contributed by atoms with van der Waals surface area (Å²) < 4.78 is 2.29. The van der Waals surface area contributed by atoms with E-state index in [0.29, 0.717) is 0 Å². The topological polar surface area (TPSA) is 3.88 Å². The largest absolute Gasteiger partial charge is 1.00 e. The maximum Gasteiger partial charge on any atom is 0.168 e. The van der Waals surface area contributed by atoms with Crippen molar-refractivity contribution in [2.45, 2.75) is 103 Å². The molecule has 0 aliphatic rings. The van der Waals surface area contributed by atoms with Gasteiger partial charge in [0.05, 0.1) is 0 Å². The van der Waals surface area contributed by atoms with Crippen LogP contribution in [0.5, 0.6) is 0 Å². The highest BCUT2D eigenvalue weighted by atomic mass is 79.9. The van der Waals surface area contributed by atoms with E-state index in [1.165, 1.54) is 96.4 Å². The Balaban J connectivity index is -0.00000161. The lowest BCUT2D eigenvalue weighted by Crippen LogP contribution is -3.00. The molecule has 0 saturated heterocycles. The second-order valence-corrected chi connectivity index (χ2v) is 6.71. The molecule has 1 rings (SSSR count). The standard InChI is InChI=1S/C21H38N.3BrH/c1-2-3-4-5-6-7-8-9-10-11-12-13-14-16-19-22-20-17-15-18-21-22;;;/h15,17-18,20-21H,2-14,16,19H2,1H3;3*1H/q+1;;;/p-1. The van der Waals surface area contributed by atoms with Gasteiger partial charge in [-0.3, -0.25) is 0 Å². The van der Waals surface area contributed by atoms with Crippen LogP contribution in [0.2, 0.25) is 0 Å². The molecule has 0 saturated carbocycles. The third kappa shape index (κ3) is 20.8. The van der Waals surface area contributed by atoms with Gasteiger partial charge in [-0.05, 0) is 6.42 Å². The van der Waals surface area contributed by atoms with E-state index in [1.54, 1.807) is 0 Å². The molecule has 1 aromatic rings. The number of unbranched alkanes of at least 4 members (excludes halogenated alkanes) is 13. The lowest BCUT2D eigenvalue weighted by atomic mass is 10.0. The third-order valence-electron chi connectivity index (χ3n) is 4.55. The van der Waals surface area contributed by atoms with Crippen molar-refractivity contribution in [3.05, 3.63) is 30.6 Å². The van der Waals surface area contributed by atoms with Crippen molar-refractivity contribution in [3.8, 4) is 0 Å². The van der Waals surface area contributed by atoms with Crippen molar-refractivity contribution >= 4 is 34.0 Å². The van der Waals surface area contributed by atoms with Crippen LogP contribution in [0.4, 0.5) is 0 Å². The second-order valence-electron chi connectivity index (χ2n) is 6.71. The molecule has 25 heavy (non-hydrogen) atoms. The van der Waals surface area contributed by atoms with Gasteiger partial charge in [-0.2, -0.15) is 0 Å². The van der Waals surface area contributed by atoms with E-state index in [-0.39, 0.29) is 50.9 Å². The lowest BCUT2D eigenvalue weighted by Gasteiger charge is -2.02. The summed E-state index contributed by atoms with van der Waals surface area (Å²) in [6, 6.07) is 6.31. The van der Waals surface area contributed by atoms with Crippen molar-refractivity contribution in [1.82, 2.24) is 0 Å². The molecule has 1 aromatic heterocycles. The van der Waals surface area contributed by atoms with E-state index < -0.39 is 0 Å². The Bertz CT molecular complexity index is 333. The van der Waals surface area contributed by atoms with E-state index in [0.717, 1.165) is 0 Å². The highest BCUT2D eigenvalue weighted by molar-refractivity contribution is 8.93. The second kappa shape index (κ2) is 24.6. The summed E-state index contributed by atoms with van der Waals surface area (Å²) >= 11 is 0. The summed E-state index contributed by atoms with van der Waals surface area (Å²) in [4.78, 5) is 0. The molecule has 0 aliphatic carbocycles. The molecule has 0 spiro atoms. The van der Waals surface area contributed by atoms with Gasteiger partial charge in [-0.1, -0.05) is 90.0 Å². The average molecular weight is 546 g/mol. The van der Waals surface area contributed by atoms with Crippen LogP contribution < -0.4 is 21.5 Å².